The zero-order valence-corrected chi connectivity index (χ0v) is 18.1. The highest BCUT2D eigenvalue weighted by atomic mass is 16.4. The summed E-state index contributed by atoms with van der Waals surface area (Å²) in [5.74, 6) is 0. The molecule has 31 heavy (non-hydrogen) atoms. The summed E-state index contributed by atoms with van der Waals surface area (Å²) in [5, 5.41) is 42.7. The largest absolute Gasteiger partial charge is 0.395 e. The van der Waals surface area contributed by atoms with E-state index in [0.29, 0.717) is 6.54 Å². The van der Waals surface area contributed by atoms with E-state index in [1.807, 2.05) is 11.0 Å². The first kappa shape index (κ1) is 23.6. The summed E-state index contributed by atoms with van der Waals surface area (Å²) in [6.07, 6.45) is 4.05. The summed E-state index contributed by atoms with van der Waals surface area (Å²) in [4.78, 5) is 10.1. The van der Waals surface area contributed by atoms with Crippen molar-refractivity contribution < 1.29 is 20.4 Å². The highest BCUT2D eigenvalue weighted by molar-refractivity contribution is 5.65. The fraction of sp³-hybridized carbons (Fsp3) is 0.565. The van der Waals surface area contributed by atoms with Crippen LogP contribution in [0.1, 0.15) is 31.2 Å². The van der Waals surface area contributed by atoms with E-state index in [0.717, 1.165) is 49.2 Å². The fourth-order valence-corrected chi connectivity index (χ4v) is 4.13. The van der Waals surface area contributed by atoms with Gasteiger partial charge in [0.15, 0.2) is 0 Å². The van der Waals surface area contributed by atoms with Gasteiger partial charge in [0, 0.05) is 30.5 Å². The first-order valence-corrected chi connectivity index (χ1v) is 11.0. The van der Waals surface area contributed by atoms with E-state index in [9.17, 15) is 20.4 Å². The minimum atomic E-state index is -1.20. The van der Waals surface area contributed by atoms with Gasteiger partial charge in [-0.25, -0.2) is 9.97 Å². The number of aliphatic hydroxyl groups excluding tert-OH is 4. The average molecular weight is 431 g/mol. The van der Waals surface area contributed by atoms with E-state index >= 15 is 0 Å². The number of aromatic nitrogens is 2. The number of hydrogen-bond acceptors (Lipinski definition) is 8. The van der Waals surface area contributed by atoms with Crippen molar-refractivity contribution in [3.05, 3.63) is 42.4 Å². The van der Waals surface area contributed by atoms with Gasteiger partial charge in [-0.05, 0) is 50.1 Å². The van der Waals surface area contributed by atoms with Crippen LogP contribution in [0.5, 0.6) is 0 Å². The van der Waals surface area contributed by atoms with Crippen LogP contribution in [0.4, 0.5) is 5.69 Å². The molecule has 1 aromatic heterocycles. The number of benzene rings is 1. The second-order valence-corrected chi connectivity index (χ2v) is 8.26. The zero-order valence-electron chi connectivity index (χ0n) is 18.1. The normalized spacial score (nSPS) is 24.3. The maximum Gasteiger partial charge on any atom is 0.116 e. The monoisotopic (exact) mass is 430 g/mol. The minimum absolute atomic E-state index is 0.232. The van der Waals surface area contributed by atoms with Gasteiger partial charge in [0.2, 0.25) is 0 Å². The van der Waals surface area contributed by atoms with Crippen LogP contribution in [0, 0.1) is 6.92 Å². The van der Waals surface area contributed by atoms with Gasteiger partial charge in [0.1, 0.15) is 18.5 Å². The number of β-amino-alcohol motifs (C(OH)–C–C–N with tert-alkyl or cyclic N) is 1. The topological polar surface area (TPSA) is 122 Å². The quantitative estimate of drug-likeness (QED) is 0.356. The molecule has 4 atom stereocenters. The molecule has 170 valence electrons. The van der Waals surface area contributed by atoms with Crippen LogP contribution >= 0.6 is 0 Å². The van der Waals surface area contributed by atoms with Gasteiger partial charge < -0.3 is 25.7 Å². The van der Waals surface area contributed by atoms with Gasteiger partial charge in [-0.15, -0.1) is 0 Å². The van der Waals surface area contributed by atoms with Crippen LogP contribution in [0.25, 0.3) is 11.3 Å². The van der Waals surface area contributed by atoms with Gasteiger partial charge in [-0.1, -0.05) is 18.9 Å². The maximum atomic E-state index is 10.0. The molecular weight excluding hydrogens is 396 g/mol. The van der Waals surface area contributed by atoms with Gasteiger partial charge in [-0.2, -0.15) is 0 Å². The fourth-order valence-electron chi connectivity index (χ4n) is 4.13. The van der Waals surface area contributed by atoms with Crippen LogP contribution in [0.15, 0.2) is 36.8 Å². The molecular formula is C23H34N4O4. The number of aliphatic hydroxyl groups is 4. The molecule has 1 aliphatic heterocycles. The van der Waals surface area contributed by atoms with Crippen molar-refractivity contribution in [2.45, 2.75) is 57.0 Å². The predicted molar refractivity (Wildman–Crippen MR) is 120 cm³/mol. The molecule has 0 amide bonds. The van der Waals surface area contributed by atoms with Crippen LogP contribution < -0.4 is 5.32 Å². The molecule has 8 nitrogen and oxygen atoms in total. The van der Waals surface area contributed by atoms with Crippen LogP contribution in [0.2, 0.25) is 0 Å². The molecule has 8 heteroatoms. The molecule has 1 aliphatic rings. The van der Waals surface area contributed by atoms with E-state index in [4.69, 9.17) is 0 Å². The standard InChI is InChI=1S/C23H34N4O4/c1-16-12-17(19-8-10-24-15-26-19)6-7-18(16)25-9-4-2-3-5-11-27-13-21(29)23(31)22(30)20(27)14-28/h6-8,10,12,15,20-23,25,28-31H,2-5,9,11,13-14H2,1H3/t20-,21+,22-,23-/m1/s1. The van der Waals surface area contributed by atoms with Crippen molar-refractivity contribution in [3.8, 4) is 11.3 Å². The first-order valence-electron chi connectivity index (χ1n) is 11.0. The summed E-state index contributed by atoms with van der Waals surface area (Å²) < 4.78 is 0. The Kier molecular flexibility index (Phi) is 8.74. The Labute approximate surface area is 183 Å². The van der Waals surface area contributed by atoms with Gasteiger partial charge in [0.25, 0.3) is 0 Å². The number of hydrogen-bond donors (Lipinski definition) is 5. The Morgan fingerprint density at radius 1 is 1.06 bits per heavy atom. The smallest absolute Gasteiger partial charge is 0.116 e. The lowest BCUT2D eigenvalue weighted by Gasteiger charge is -2.43. The lowest BCUT2D eigenvalue weighted by molar-refractivity contribution is -0.145. The number of nitrogens with one attached hydrogen (secondary N) is 1. The first-order chi connectivity index (χ1) is 15.0. The van der Waals surface area contributed by atoms with Crippen molar-refractivity contribution in [2.24, 2.45) is 0 Å². The van der Waals surface area contributed by atoms with Gasteiger partial charge in [-0.3, -0.25) is 4.90 Å². The van der Waals surface area contributed by atoms with Crippen molar-refractivity contribution in [2.75, 3.05) is 31.6 Å². The van der Waals surface area contributed by atoms with Crippen molar-refractivity contribution >= 4 is 5.69 Å². The molecule has 2 aromatic rings. The van der Waals surface area contributed by atoms with Crippen molar-refractivity contribution in [3.63, 3.8) is 0 Å². The second kappa shape index (κ2) is 11.5. The molecule has 0 aliphatic carbocycles. The molecule has 0 saturated carbocycles. The number of piperidine rings is 1. The zero-order chi connectivity index (χ0) is 22.2. The third-order valence-corrected chi connectivity index (χ3v) is 6.01. The number of anilines is 1. The average Bonchev–Trinajstić information content (AvgIpc) is 2.78. The Morgan fingerprint density at radius 2 is 1.87 bits per heavy atom. The summed E-state index contributed by atoms with van der Waals surface area (Å²) in [6.45, 7) is 3.70. The Balaban J connectivity index is 1.35. The molecule has 0 spiro atoms. The number of aryl methyl sites for hydroxylation is 1. The summed E-state index contributed by atoms with van der Waals surface area (Å²) in [6, 6.07) is 7.66. The number of unbranched alkanes of at least 4 members (excludes halogenated alkanes) is 3. The summed E-state index contributed by atoms with van der Waals surface area (Å²) in [7, 11) is 0. The molecule has 0 radical (unpaired) electrons. The van der Waals surface area contributed by atoms with E-state index in [2.05, 4.69) is 40.4 Å². The SMILES string of the molecule is Cc1cc(-c2ccncn2)ccc1NCCCCCCN1C[C@H](O)[C@@H](O)[C@H](O)[C@H]1CO. The summed E-state index contributed by atoms with van der Waals surface area (Å²) in [5.41, 5.74) is 4.29. The second-order valence-electron chi connectivity index (χ2n) is 8.26. The Bertz CT molecular complexity index is 807. The van der Waals surface area contributed by atoms with E-state index < -0.39 is 24.4 Å². The van der Waals surface area contributed by atoms with E-state index in [-0.39, 0.29) is 13.2 Å². The third kappa shape index (κ3) is 6.21. The highest BCUT2D eigenvalue weighted by Crippen LogP contribution is 2.23. The molecule has 0 unspecified atom stereocenters. The van der Waals surface area contributed by atoms with Gasteiger partial charge >= 0.3 is 0 Å². The molecule has 1 fully saturated rings. The number of nitrogens with zero attached hydrogens (tertiary/aromatic N) is 3. The predicted octanol–water partition coefficient (Wildman–Crippen LogP) is 1.18. The minimum Gasteiger partial charge on any atom is -0.395 e. The van der Waals surface area contributed by atoms with E-state index in [1.165, 1.54) is 5.56 Å². The summed E-state index contributed by atoms with van der Waals surface area (Å²) >= 11 is 0. The molecule has 5 N–H and O–H groups in total. The molecule has 1 saturated heterocycles. The highest BCUT2D eigenvalue weighted by Gasteiger charge is 2.40. The van der Waals surface area contributed by atoms with Crippen LogP contribution in [0.3, 0.4) is 0 Å². The van der Waals surface area contributed by atoms with Crippen LogP contribution in [-0.4, -0.2) is 85.9 Å². The Morgan fingerprint density at radius 3 is 2.58 bits per heavy atom. The van der Waals surface area contributed by atoms with Crippen molar-refractivity contribution in [1.29, 1.82) is 0 Å². The van der Waals surface area contributed by atoms with Crippen molar-refractivity contribution in [1.82, 2.24) is 14.9 Å². The number of likely N-dealkylation sites (tertiary alicyclic amines) is 1. The van der Waals surface area contributed by atoms with Gasteiger partial charge in [0.05, 0.1) is 24.4 Å². The lowest BCUT2D eigenvalue weighted by atomic mass is 9.94. The molecule has 2 heterocycles. The lowest BCUT2D eigenvalue weighted by Crippen LogP contribution is -2.62. The van der Waals surface area contributed by atoms with E-state index in [1.54, 1.807) is 12.5 Å². The number of rotatable bonds is 10. The molecule has 3 rings (SSSR count). The molecule has 1 aromatic carbocycles. The Hall–Kier alpha value is -2.10. The maximum absolute atomic E-state index is 10.0. The van der Waals surface area contributed by atoms with Crippen LogP contribution in [-0.2, 0) is 0 Å². The molecule has 0 bridgehead atoms. The third-order valence-electron chi connectivity index (χ3n) is 6.01.